The van der Waals surface area contributed by atoms with Crippen LogP contribution in [0.1, 0.15) is 15.2 Å². The lowest BCUT2D eigenvalue weighted by molar-refractivity contribution is 0.0789. The minimum absolute atomic E-state index is 0.167. The number of hydrogen-bond donors (Lipinski definition) is 1. The Hall–Kier alpha value is -2.64. The molecule has 140 valence electrons. The topological polar surface area (TPSA) is 56.8 Å². The highest BCUT2D eigenvalue weighted by Gasteiger charge is 2.24. The number of methoxy groups -OCH3 is 1. The molecule has 1 aliphatic heterocycles. The molecular weight excluding hydrogens is 369 g/mol. The van der Waals surface area contributed by atoms with E-state index in [2.05, 4.69) is 5.32 Å². The summed E-state index contributed by atoms with van der Waals surface area (Å²) in [6, 6.07) is 12.2. The number of para-hydroxylation sites is 2. The molecule has 3 aromatic rings. The molecule has 1 amide bonds. The van der Waals surface area contributed by atoms with Crippen molar-refractivity contribution in [2.24, 2.45) is 0 Å². The molecule has 0 aliphatic carbocycles. The van der Waals surface area contributed by atoms with Crippen molar-refractivity contribution in [2.45, 2.75) is 12.7 Å². The zero-order valence-electron chi connectivity index (χ0n) is 14.7. The van der Waals surface area contributed by atoms with Crippen LogP contribution >= 0.6 is 11.3 Å². The number of benzene rings is 2. The maximum Gasteiger partial charge on any atom is 0.261 e. The van der Waals surface area contributed by atoms with E-state index in [1.54, 1.807) is 12.1 Å². The summed E-state index contributed by atoms with van der Waals surface area (Å²) in [5.74, 6) is 0.732. The van der Waals surface area contributed by atoms with E-state index in [4.69, 9.17) is 14.2 Å². The SMILES string of the molecule is COCc1c(C(=O)NCC2COc3ccccc3O2)sc2cccc(F)c12. The number of hydrogen-bond acceptors (Lipinski definition) is 5. The Morgan fingerprint density at radius 3 is 2.89 bits per heavy atom. The molecule has 2 aromatic carbocycles. The molecule has 0 radical (unpaired) electrons. The molecule has 1 unspecified atom stereocenters. The highest BCUT2D eigenvalue weighted by Crippen LogP contribution is 2.34. The summed E-state index contributed by atoms with van der Waals surface area (Å²) in [7, 11) is 1.52. The Balaban J connectivity index is 1.50. The summed E-state index contributed by atoms with van der Waals surface area (Å²) in [5.41, 5.74) is 0.569. The zero-order chi connectivity index (χ0) is 18.8. The summed E-state index contributed by atoms with van der Waals surface area (Å²) in [4.78, 5) is 13.2. The van der Waals surface area contributed by atoms with E-state index in [0.29, 0.717) is 33.9 Å². The van der Waals surface area contributed by atoms with Gasteiger partial charge in [-0.3, -0.25) is 4.79 Å². The number of thiophene rings is 1. The van der Waals surface area contributed by atoms with E-state index >= 15 is 0 Å². The summed E-state index contributed by atoms with van der Waals surface area (Å²) >= 11 is 1.26. The van der Waals surface area contributed by atoms with Crippen LogP contribution in [0.5, 0.6) is 11.5 Å². The Labute approximate surface area is 159 Å². The molecule has 7 heteroatoms. The molecular formula is C20H18FNO4S. The van der Waals surface area contributed by atoms with E-state index < -0.39 is 0 Å². The van der Waals surface area contributed by atoms with Gasteiger partial charge in [0.25, 0.3) is 5.91 Å². The molecule has 1 aliphatic rings. The van der Waals surface area contributed by atoms with E-state index in [1.807, 2.05) is 24.3 Å². The number of amides is 1. The van der Waals surface area contributed by atoms with Gasteiger partial charge in [0.05, 0.1) is 18.0 Å². The van der Waals surface area contributed by atoms with Gasteiger partial charge in [-0.2, -0.15) is 0 Å². The minimum atomic E-state index is -0.351. The first kappa shape index (κ1) is 17.8. The minimum Gasteiger partial charge on any atom is -0.486 e. The van der Waals surface area contributed by atoms with E-state index in [1.165, 1.54) is 24.5 Å². The van der Waals surface area contributed by atoms with Crippen molar-refractivity contribution in [3.63, 3.8) is 0 Å². The molecule has 5 nitrogen and oxygen atoms in total. The van der Waals surface area contributed by atoms with Gasteiger partial charge in [0.2, 0.25) is 0 Å². The Bertz CT molecular complexity index is 987. The normalized spacial score (nSPS) is 15.7. The summed E-state index contributed by atoms with van der Waals surface area (Å²) in [5, 5.41) is 3.31. The smallest absolute Gasteiger partial charge is 0.261 e. The van der Waals surface area contributed by atoms with Crippen LogP contribution < -0.4 is 14.8 Å². The first-order valence-electron chi connectivity index (χ1n) is 8.53. The van der Waals surface area contributed by atoms with Crippen LogP contribution in [0.3, 0.4) is 0 Å². The fourth-order valence-corrected chi connectivity index (χ4v) is 4.22. The van der Waals surface area contributed by atoms with Crippen LogP contribution in [-0.4, -0.2) is 32.3 Å². The standard InChI is InChI=1S/C20H18FNO4S/c1-24-11-13-18-14(21)5-4-8-17(18)27-19(13)20(23)22-9-12-10-25-15-6-2-3-7-16(15)26-12/h2-8,12H,9-11H2,1H3,(H,22,23). The number of halogens is 1. The van der Waals surface area contributed by atoms with Crippen LogP contribution in [-0.2, 0) is 11.3 Å². The van der Waals surface area contributed by atoms with E-state index in [0.717, 1.165) is 4.70 Å². The largest absolute Gasteiger partial charge is 0.486 e. The van der Waals surface area contributed by atoms with Crippen LogP contribution in [0.2, 0.25) is 0 Å². The Morgan fingerprint density at radius 2 is 2.07 bits per heavy atom. The van der Waals surface area contributed by atoms with E-state index in [9.17, 15) is 9.18 Å². The second kappa shape index (κ2) is 7.54. The van der Waals surface area contributed by atoms with Gasteiger partial charge in [0.1, 0.15) is 18.5 Å². The molecule has 1 N–H and O–H groups in total. The number of ether oxygens (including phenoxy) is 3. The van der Waals surface area contributed by atoms with Gasteiger partial charge >= 0.3 is 0 Å². The average Bonchev–Trinajstić information content (AvgIpc) is 3.06. The lowest BCUT2D eigenvalue weighted by Gasteiger charge is -2.26. The molecule has 27 heavy (non-hydrogen) atoms. The van der Waals surface area contributed by atoms with Crippen molar-refractivity contribution in [1.82, 2.24) is 5.32 Å². The van der Waals surface area contributed by atoms with Crippen molar-refractivity contribution in [2.75, 3.05) is 20.3 Å². The molecule has 1 aromatic heterocycles. The van der Waals surface area contributed by atoms with Gasteiger partial charge in [0, 0.05) is 22.8 Å². The van der Waals surface area contributed by atoms with Crippen LogP contribution in [0.4, 0.5) is 4.39 Å². The van der Waals surface area contributed by atoms with Crippen molar-refractivity contribution < 1.29 is 23.4 Å². The summed E-state index contributed by atoms with van der Waals surface area (Å²) in [6.07, 6.45) is -0.291. The molecule has 2 heterocycles. The predicted octanol–water partition coefficient (Wildman–Crippen LogP) is 3.76. The molecule has 0 saturated heterocycles. The third-order valence-corrected chi connectivity index (χ3v) is 5.51. The first-order chi connectivity index (χ1) is 13.2. The van der Waals surface area contributed by atoms with Crippen molar-refractivity contribution in [3.8, 4) is 11.5 Å². The molecule has 0 bridgehead atoms. The summed E-state index contributed by atoms with van der Waals surface area (Å²) in [6.45, 7) is 0.805. The molecule has 4 rings (SSSR count). The maximum atomic E-state index is 14.2. The lowest BCUT2D eigenvalue weighted by Crippen LogP contribution is -2.40. The molecule has 0 spiro atoms. The predicted molar refractivity (Wildman–Crippen MR) is 101 cm³/mol. The van der Waals surface area contributed by atoms with Gasteiger partial charge in [-0.1, -0.05) is 18.2 Å². The molecule has 0 saturated carbocycles. The van der Waals surface area contributed by atoms with Crippen molar-refractivity contribution >= 4 is 27.3 Å². The molecule has 0 fully saturated rings. The lowest BCUT2D eigenvalue weighted by atomic mass is 10.1. The number of nitrogens with one attached hydrogen (secondary N) is 1. The molecule has 1 atom stereocenters. The van der Waals surface area contributed by atoms with Gasteiger partial charge < -0.3 is 19.5 Å². The average molecular weight is 387 g/mol. The highest BCUT2D eigenvalue weighted by molar-refractivity contribution is 7.21. The highest BCUT2D eigenvalue weighted by atomic mass is 32.1. The number of carbonyl (C=O) groups excluding carboxylic acids is 1. The number of rotatable bonds is 5. The van der Waals surface area contributed by atoms with Crippen LogP contribution in [0.15, 0.2) is 42.5 Å². The van der Waals surface area contributed by atoms with Crippen LogP contribution in [0, 0.1) is 5.82 Å². The fourth-order valence-electron chi connectivity index (χ4n) is 3.08. The Kier molecular flexibility index (Phi) is 4.96. The van der Waals surface area contributed by atoms with E-state index in [-0.39, 0.29) is 31.0 Å². The third-order valence-electron chi connectivity index (χ3n) is 4.32. The van der Waals surface area contributed by atoms with Gasteiger partial charge in [0.15, 0.2) is 11.5 Å². The third kappa shape index (κ3) is 3.48. The second-order valence-electron chi connectivity index (χ2n) is 6.16. The Morgan fingerprint density at radius 1 is 1.26 bits per heavy atom. The van der Waals surface area contributed by atoms with Crippen molar-refractivity contribution in [3.05, 3.63) is 58.7 Å². The van der Waals surface area contributed by atoms with Crippen molar-refractivity contribution in [1.29, 1.82) is 0 Å². The maximum absolute atomic E-state index is 14.2. The summed E-state index contributed by atoms with van der Waals surface area (Å²) < 4.78 is 31.7. The van der Waals surface area contributed by atoms with Gasteiger partial charge in [-0.25, -0.2) is 4.39 Å². The number of carbonyl (C=O) groups is 1. The number of fused-ring (bicyclic) bond motifs is 2. The van der Waals surface area contributed by atoms with Crippen LogP contribution in [0.25, 0.3) is 10.1 Å². The first-order valence-corrected chi connectivity index (χ1v) is 9.34. The van der Waals surface area contributed by atoms with Gasteiger partial charge in [-0.05, 0) is 24.3 Å². The quantitative estimate of drug-likeness (QED) is 0.724. The fraction of sp³-hybridized carbons (Fsp3) is 0.250. The zero-order valence-corrected chi connectivity index (χ0v) is 15.5. The monoisotopic (exact) mass is 387 g/mol. The second-order valence-corrected chi connectivity index (χ2v) is 7.22. The van der Waals surface area contributed by atoms with Gasteiger partial charge in [-0.15, -0.1) is 11.3 Å².